The molecule has 1 aromatic carbocycles. The molecule has 3 aliphatic rings. The Hall–Kier alpha value is -3.29. The molecule has 2 saturated heterocycles. The number of amides is 4. The number of halogens is 4. The minimum absolute atomic E-state index is 0.0309. The fourth-order valence-electron chi connectivity index (χ4n) is 3.65. The number of benzene rings is 1. The first-order valence-electron chi connectivity index (χ1n) is 10.7. The van der Waals surface area contributed by atoms with Crippen LogP contribution in [0.15, 0.2) is 12.1 Å². The van der Waals surface area contributed by atoms with Crippen molar-refractivity contribution in [1.82, 2.24) is 15.7 Å². The summed E-state index contributed by atoms with van der Waals surface area (Å²) in [5, 5.41) is 5.85. The number of nitrogens with one attached hydrogen (secondary N) is 2. The number of ether oxygens (including phenoxy) is 1. The zero-order chi connectivity index (χ0) is 24.4. The number of rotatable bonds is 6. The Morgan fingerprint density at radius 3 is 2.47 bits per heavy atom. The van der Waals surface area contributed by atoms with Crippen LogP contribution in [0, 0.1) is 11.6 Å². The number of anilines is 2. The summed E-state index contributed by atoms with van der Waals surface area (Å²) >= 11 is 0. The summed E-state index contributed by atoms with van der Waals surface area (Å²) in [6.45, 7) is -0.204. The van der Waals surface area contributed by atoms with Gasteiger partial charge in [-0.3, -0.25) is 14.5 Å². The molecule has 2 aliphatic heterocycles. The zero-order valence-electron chi connectivity index (χ0n) is 17.9. The summed E-state index contributed by atoms with van der Waals surface area (Å²) in [6, 6.07) is 1.66. The summed E-state index contributed by atoms with van der Waals surface area (Å²) in [5.74, 6) is -3.39. The van der Waals surface area contributed by atoms with E-state index >= 15 is 0 Å². The van der Waals surface area contributed by atoms with Gasteiger partial charge in [0.25, 0.3) is 5.91 Å². The Balaban J connectivity index is 1.40. The van der Waals surface area contributed by atoms with Crippen LogP contribution in [0.1, 0.15) is 12.8 Å². The van der Waals surface area contributed by atoms with Gasteiger partial charge in [0, 0.05) is 31.3 Å². The average molecular weight is 489 g/mol. The van der Waals surface area contributed by atoms with Crippen LogP contribution in [0.4, 0.5) is 38.5 Å². The van der Waals surface area contributed by atoms with Gasteiger partial charge >= 0.3 is 18.5 Å². The number of urea groups is 1. The molecule has 0 aromatic heterocycles. The molecule has 14 heteroatoms. The molecule has 3 fully saturated rings. The molecular weight excluding hydrogens is 466 g/mol. The van der Waals surface area contributed by atoms with Crippen molar-refractivity contribution < 1.29 is 41.5 Å². The summed E-state index contributed by atoms with van der Waals surface area (Å²) in [4.78, 5) is 43.0. The van der Waals surface area contributed by atoms with Crippen LogP contribution in [0.3, 0.4) is 0 Å². The summed E-state index contributed by atoms with van der Waals surface area (Å²) < 4.78 is 59.5. The van der Waals surface area contributed by atoms with Crippen LogP contribution >= 0.6 is 0 Å². The standard InChI is InChI=1S/C20H23F4N5O5/c21-14-7-12(28-10-13(34-20(28)32)9-25-18(30)17(23)24)8-15(22)16(14)27-3-4-29(33-6-5-27)19(31)26-11-1-2-11/h7-8,11,13,17H,1-6,9-10H2,(H,25,30)(H,26,31)/t13-/m0/s1. The van der Waals surface area contributed by atoms with Crippen LogP contribution in [0.25, 0.3) is 0 Å². The van der Waals surface area contributed by atoms with Crippen molar-refractivity contribution in [3.63, 3.8) is 0 Å². The van der Waals surface area contributed by atoms with Crippen LogP contribution in [0.2, 0.25) is 0 Å². The van der Waals surface area contributed by atoms with E-state index in [1.165, 1.54) is 4.90 Å². The molecule has 4 rings (SSSR count). The molecule has 0 spiro atoms. The number of carbonyl (C=O) groups excluding carboxylic acids is 3. The molecule has 34 heavy (non-hydrogen) atoms. The second kappa shape index (κ2) is 9.91. The summed E-state index contributed by atoms with van der Waals surface area (Å²) in [7, 11) is 0. The third kappa shape index (κ3) is 5.43. The number of hydrogen-bond acceptors (Lipinski definition) is 6. The molecule has 4 amide bonds. The third-order valence-corrected chi connectivity index (χ3v) is 5.52. The van der Waals surface area contributed by atoms with E-state index in [4.69, 9.17) is 9.57 Å². The molecule has 2 N–H and O–H groups in total. The Bertz CT molecular complexity index is 940. The first kappa shape index (κ1) is 23.9. The number of cyclic esters (lactones) is 1. The predicted molar refractivity (Wildman–Crippen MR) is 109 cm³/mol. The van der Waals surface area contributed by atoms with Gasteiger partial charge in [-0.1, -0.05) is 0 Å². The van der Waals surface area contributed by atoms with Gasteiger partial charge in [0.2, 0.25) is 0 Å². The van der Waals surface area contributed by atoms with Gasteiger partial charge in [-0.2, -0.15) is 8.78 Å². The molecule has 10 nitrogen and oxygen atoms in total. The number of hydrogen-bond donors (Lipinski definition) is 2. The zero-order valence-corrected chi connectivity index (χ0v) is 17.9. The van der Waals surface area contributed by atoms with Crippen LogP contribution in [-0.4, -0.2) is 81.0 Å². The molecule has 1 aliphatic carbocycles. The van der Waals surface area contributed by atoms with Crippen molar-refractivity contribution in [2.24, 2.45) is 0 Å². The molecule has 0 unspecified atom stereocenters. The highest BCUT2D eigenvalue weighted by Crippen LogP contribution is 2.31. The largest absolute Gasteiger partial charge is 0.442 e. The lowest BCUT2D eigenvalue weighted by atomic mass is 10.2. The molecular formula is C20H23F4N5O5. The van der Waals surface area contributed by atoms with Crippen molar-refractivity contribution in [3.05, 3.63) is 23.8 Å². The maximum atomic E-state index is 15.0. The van der Waals surface area contributed by atoms with Crippen molar-refractivity contribution in [1.29, 1.82) is 0 Å². The molecule has 186 valence electrons. The molecule has 0 radical (unpaired) electrons. The van der Waals surface area contributed by atoms with Crippen LogP contribution < -0.4 is 20.4 Å². The Kier molecular flexibility index (Phi) is 6.95. The second-order valence-electron chi connectivity index (χ2n) is 8.07. The first-order valence-corrected chi connectivity index (χ1v) is 10.7. The minimum atomic E-state index is -3.21. The van der Waals surface area contributed by atoms with Gasteiger partial charge in [0.15, 0.2) is 11.6 Å². The van der Waals surface area contributed by atoms with Gasteiger partial charge in [0.05, 0.1) is 31.9 Å². The van der Waals surface area contributed by atoms with E-state index in [0.717, 1.165) is 34.9 Å². The Morgan fingerprint density at radius 2 is 1.82 bits per heavy atom. The topological polar surface area (TPSA) is 103 Å². The summed E-state index contributed by atoms with van der Waals surface area (Å²) in [5.41, 5.74) is -0.451. The second-order valence-corrected chi connectivity index (χ2v) is 8.07. The maximum Gasteiger partial charge on any atom is 0.414 e. The van der Waals surface area contributed by atoms with Crippen molar-refractivity contribution in [2.45, 2.75) is 31.4 Å². The lowest BCUT2D eigenvalue weighted by Crippen LogP contribution is -2.42. The highest BCUT2D eigenvalue weighted by Gasteiger charge is 2.35. The number of hydroxylamine groups is 2. The molecule has 1 atom stereocenters. The Labute approximate surface area is 191 Å². The van der Waals surface area contributed by atoms with Gasteiger partial charge in [-0.15, -0.1) is 0 Å². The third-order valence-electron chi connectivity index (χ3n) is 5.52. The van der Waals surface area contributed by atoms with Crippen LogP contribution in [0.5, 0.6) is 0 Å². The number of alkyl halides is 2. The van der Waals surface area contributed by atoms with E-state index in [2.05, 4.69) is 5.32 Å². The Morgan fingerprint density at radius 1 is 1.12 bits per heavy atom. The normalized spacial score (nSPS) is 20.9. The highest BCUT2D eigenvalue weighted by molar-refractivity contribution is 5.90. The number of nitrogens with zero attached hydrogens (tertiary/aromatic N) is 3. The van der Waals surface area contributed by atoms with Crippen LogP contribution in [-0.2, 0) is 14.4 Å². The van der Waals surface area contributed by atoms with E-state index in [1.807, 2.05) is 5.32 Å². The lowest BCUT2D eigenvalue weighted by Gasteiger charge is -2.24. The molecule has 1 saturated carbocycles. The van der Waals surface area contributed by atoms with E-state index in [1.54, 1.807) is 0 Å². The van der Waals surface area contributed by atoms with E-state index in [9.17, 15) is 31.9 Å². The first-order chi connectivity index (χ1) is 16.2. The molecule has 2 heterocycles. The lowest BCUT2D eigenvalue weighted by molar-refractivity contribution is -0.132. The fourth-order valence-corrected chi connectivity index (χ4v) is 3.65. The summed E-state index contributed by atoms with van der Waals surface area (Å²) in [6.07, 6.45) is -3.29. The minimum Gasteiger partial charge on any atom is -0.442 e. The van der Waals surface area contributed by atoms with Gasteiger partial charge < -0.3 is 20.3 Å². The van der Waals surface area contributed by atoms with Crippen molar-refractivity contribution in [3.8, 4) is 0 Å². The smallest absolute Gasteiger partial charge is 0.414 e. The maximum absolute atomic E-state index is 15.0. The van der Waals surface area contributed by atoms with E-state index < -0.39 is 42.2 Å². The van der Waals surface area contributed by atoms with E-state index in [0.29, 0.717) is 0 Å². The predicted octanol–water partition coefficient (Wildman–Crippen LogP) is 1.60. The van der Waals surface area contributed by atoms with Gasteiger partial charge in [0.1, 0.15) is 11.8 Å². The quantitative estimate of drug-likeness (QED) is 0.589. The van der Waals surface area contributed by atoms with Crippen molar-refractivity contribution >= 4 is 29.4 Å². The SMILES string of the molecule is O=C(NC[C@H]1CN(c2cc(F)c(N3CCON(C(=O)NC4CC4)CC3)c(F)c2)C(=O)O1)C(F)F. The van der Waals surface area contributed by atoms with Gasteiger partial charge in [-0.25, -0.2) is 23.4 Å². The number of carbonyl (C=O) groups is 3. The average Bonchev–Trinajstić information content (AvgIpc) is 3.55. The van der Waals surface area contributed by atoms with Gasteiger partial charge in [-0.05, 0) is 12.8 Å². The molecule has 1 aromatic rings. The molecule has 0 bridgehead atoms. The highest BCUT2D eigenvalue weighted by atomic mass is 19.3. The monoisotopic (exact) mass is 489 g/mol. The fraction of sp³-hybridized carbons (Fsp3) is 0.550. The van der Waals surface area contributed by atoms with Crippen molar-refractivity contribution in [2.75, 3.05) is 49.1 Å². The van der Waals surface area contributed by atoms with E-state index in [-0.39, 0.29) is 56.7 Å².